The number of amides is 1. The molecule has 8 nitrogen and oxygen atoms in total. The first-order chi connectivity index (χ1) is 12.4. The standard InChI is InChI=1S/C16H21F2N7O/c1-3-10(22-14(26)12-6-16(12,17)18)7-20-13-4-5-19-15(24-13)23-11-8-21-25(2)9-11/h4-5,8-10,12H,3,6-7H2,1-2H3,(H,22,26)(H2,19,20,23,24)/t10-,12?/m1/s1. The predicted octanol–water partition coefficient (Wildman–Crippen LogP) is 1.92. The number of nitrogens with one attached hydrogen (secondary N) is 3. The van der Waals surface area contributed by atoms with Crippen molar-refractivity contribution in [3.63, 3.8) is 0 Å². The molecule has 140 valence electrons. The maximum absolute atomic E-state index is 13.0. The minimum Gasteiger partial charge on any atom is -0.368 e. The highest BCUT2D eigenvalue weighted by molar-refractivity contribution is 5.83. The second-order valence-electron chi connectivity index (χ2n) is 6.31. The molecule has 0 spiro atoms. The first kappa shape index (κ1) is 18.0. The lowest BCUT2D eigenvalue weighted by Crippen LogP contribution is -2.40. The Hall–Kier alpha value is -2.78. The van der Waals surface area contributed by atoms with E-state index in [1.54, 1.807) is 36.4 Å². The van der Waals surface area contributed by atoms with Gasteiger partial charge >= 0.3 is 0 Å². The molecule has 1 unspecified atom stereocenters. The van der Waals surface area contributed by atoms with Crippen molar-refractivity contribution in [1.29, 1.82) is 0 Å². The maximum Gasteiger partial charge on any atom is 0.260 e. The zero-order valence-electron chi connectivity index (χ0n) is 14.5. The van der Waals surface area contributed by atoms with Gasteiger partial charge in [-0.3, -0.25) is 9.48 Å². The minimum absolute atomic E-state index is 0.261. The van der Waals surface area contributed by atoms with E-state index in [1.807, 2.05) is 6.92 Å². The van der Waals surface area contributed by atoms with Gasteiger partial charge in [-0.25, -0.2) is 13.8 Å². The Kier molecular flexibility index (Phi) is 5.01. The number of aryl methyl sites for hydroxylation is 1. The van der Waals surface area contributed by atoms with Crippen LogP contribution in [0.4, 0.5) is 26.2 Å². The van der Waals surface area contributed by atoms with E-state index < -0.39 is 17.7 Å². The van der Waals surface area contributed by atoms with Crippen LogP contribution in [-0.2, 0) is 11.8 Å². The van der Waals surface area contributed by atoms with Gasteiger partial charge in [0.15, 0.2) is 0 Å². The second kappa shape index (κ2) is 7.22. The smallest absolute Gasteiger partial charge is 0.260 e. The number of aromatic nitrogens is 4. The molecule has 1 aliphatic rings. The molecule has 0 radical (unpaired) electrons. The summed E-state index contributed by atoms with van der Waals surface area (Å²) in [6.07, 6.45) is 5.29. The van der Waals surface area contributed by atoms with E-state index in [1.165, 1.54) is 0 Å². The average Bonchev–Trinajstić information content (AvgIpc) is 3.05. The number of halogens is 2. The summed E-state index contributed by atoms with van der Waals surface area (Å²) in [5.41, 5.74) is 0.758. The van der Waals surface area contributed by atoms with E-state index in [0.29, 0.717) is 24.7 Å². The normalized spacial score (nSPS) is 18.8. The number of alkyl halides is 2. The maximum atomic E-state index is 13.0. The molecule has 1 amide bonds. The Morgan fingerprint density at radius 3 is 2.88 bits per heavy atom. The van der Waals surface area contributed by atoms with Gasteiger partial charge in [-0.15, -0.1) is 0 Å². The number of rotatable bonds is 8. The van der Waals surface area contributed by atoms with Crippen LogP contribution in [0.2, 0.25) is 0 Å². The van der Waals surface area contributed by atoms with Crippen molar-refractivity contribution in [2.45, 2.75) is 31.7 Å². The molecule has 3 N–H and O–H groups in total. The van der Waals surface area contributed by atoms with Gasteiger partial charge in [0.1, 0.15) is 11.7 Å². The third-order valence-electron chi connectivity index (χ3n) is 4.13. The van der Waals surface area contributed by atoms with Crippen molar-refractivity contribution in [1.82, 2.24) is 25.1 Å². The fourth-order valence-electron chi connectivity index (χ4n) is 2.46. The van der Waals surface area contributed by atoms with E-state index in [4.69, 9.17) is 0 Å². The summed E-state index contributed by atoms with van der Waals surface area (Å²) in [5, 5.41) is 12.8. The van der Waals surface area contributed by atoms with Crippen LogP contribution in [0.5, 0.6) is 0 Å². The quantitative estimate of drug-likeness (QED) is 0.661. The van der Waals surface area contributed by atoms with Crippen molar-refractivity contribution >= 4 is 23.4 Å². The van der Waals surface area contributed by atoms with Crippen molar-refractivity contribution < 1.29 is 13.6 Å². The van der Waals surface area contributed by atoms with Crippen LogP contribution >= 0.6 is 0 Å². The molecule has 1 saturated carbocycles. The van der Waals surface area contributed by atoms with Gasteiger partial charge in [-0.2, -0.15) is 10.1 Å². The summed E-state index contributed by atoms with van der Waals surface area (Å²) in [4.78, 5) is 20.3. The molecule has 2 aromatic heterocycles. The third-order valence-corrected chi connectivity index (χ3v) is 4.13. The summed E-state index contributed by atoms with van der Waals surface area (Å²) < 4.78 is 27.6. The monoisotopic (exact) mass is 365 g/mol. The van der Waals surface area contributed by atoms with Crippen LogP contribution in [-0.4, -0.2) is 44.2 Å². The molecular formula is C16H21F2N7O. The molecular weight excluding hydrogens is 344 g/mol. The van der Waals surface area contributed by atoms with Gasteiger partial charge in [0.2, 0.25) is 11.9 Å². The molecule has 3 rings (SSSR count). The fourth-order valence-corrected chi connectivity index (χ4v) is 2.46. The molecule has 0 saturated heterocycles. The van der Waals surface area contributed by atoms with Crippen LogP contribution in [0.1, 0.15) is 19.8 Å². The largest absolute Gasteiger partial charge is 0.368 e. The number of hydrogen-bond acceptors (Lipinski definition) is 6. The SMILES string of the molecule is CC[C@H](CNc1ccnc(Nc2cnn(C)c2)n1)NC(=O)C1CC1(F)F. The van der Waals surface area contributed by atoms with Crippen molar-refractivity contribution in [3.8, 4) is 0 Å². The Balaban J connectivity index is 1.53. The number of anilines is 3. The van der Waals surface area contributed by atoms with Crippen molar-refractivity contribution in [2.24, 2.45) is 13.0 Å². The van der Waals surface area contributed by atoms with Gasteiger partial charge in [-0.05, 0) is 12.5 Å². The molecule has 2 heterocycles. The highest BCUT2D eigenvalue weighted by Gasteiger charge is 2.61. The highest BCUT2D eigenvalue weighted by Crippen LogP contribution is 2.48. The van der Waals surface area contributed by atoms with Gasteiger partial charge in [0, 0.05) is 38.4 Å². The Bertz CT molecular complexity index is 779. The summed E-state index contributed by atoms with van der Waals surface area (Å²) in [7, 11) is 1.81. The van der Waals surface area contributed by atoms with Gasteiger partial charge in [0.25, 0.3) is 5.92 Å². The second-order valence-corrected chi connectivity index (χ2v) is 6.31. The topological polar surface area (TPSA) is 96.8 Å². The third kappa shape index (κ3) is 4.44. The van der Waals surface area contributed by atoms with E-state index in [9.17, 15) is 13.6 Å². The molecule has 26 heavy (non-hydrogen) atoms. The summed E-state index contributed by atoms with van der Waals surface area (Å²) in [6, 6.07) is 1.43. The lowest BCUT2D eigenvalue weighted by molar-refractivity contribution is -0.125. The summed E-state index contributed by atoms with van der Waals surface area (Å²) in [5.74, 6) is -3.67. The Morgan fingerprint density at radius 2 is 2.27 bits per heavy atom. The Morgan fingerprint density at radius 1 is 1.50 bits per heavy atom. The number of carbonyl (C=O) groups excluding carboxylic acids is 1. The van der Waals surface area contributed by atoms with Gasteiger partial charge < -0.3 is 16.0 Å². The molecule has 0 aliphatic heterocycles. The molecule has 2 atom stereocenters. The summed E-state index contributed by atoms with van der Waals surface area (Å²) >= 11 is 0. The fraction of sp³-hybridized carbons (Fsp3) is 0.500. The van der Waals surface area contributed by atoms with E-state index >= 15 is 0 Å². The molecule has 1 fully saturated rings. The average molecular weight is 365 g/mol. The lowest BCUT2D eigenvalue weighted by Gasteiger charge is -2.18. The minimum atomic E-state index is -2.85. The van der Waals surface area contributed by atoms with E-state index in [2.05, 4.69) is 31.0 Å². The first-order valence-electron chi connectivity index (χ1n) is 8.38. The van der Waals surface area contributed by atoms with Crippen LogP contribution in [0, 0.1) is 5.92 Å². The zero-order chi connectivity index (χ0) is 18.7. The predicted molar refractivity (Wildman–Crippen MR) is 92.3 cm³/mol. The summed E-state index contributed by atoms with van der Waals surface area (Å²) in [6.45, 7) is 2.26. The van der Waals surface area contributed by atoms with E-state index in [0.717, 1.165) is 5.69 Å². The lowest BCUT2D eigenvalue weighted by atomic mass is 10.2. The first-order valence-corrected chi connectivity index (χ1v) is 8.38. The molecule has 0 aromatic carbocycles. The number of hydrogen-bond donors (Lipinski definition) is 3. The van der Waals surface area contributed by atoms with Crippen LogP contribution in [0.15, 0.2) is 24.7 Å². The molecule has 0 bridgehead atoms. The molecule has 1 aliphatic carbocycles. The highest BCUT2D eigenvalue weighted by atomic mass is 19.3. The van der Waals surface area contributed by atoms with Gasteiger partial charge in [-0.1, -0.05) is 6.92 Å². The Labute approximate surface area is 149 Å². The molecule has 2 aromatic rings. The van der Waals surface area contributed by atoms with Crippen molar-refractivity contribution in [3.05, 3.63) is 24.7 Å². The van der Waals surface area contributed by atoms with Crippen LogP contribution in [0.25, 0.3) is 0 Å². The molecule has 10 heteroatoms. The zero-order valence-corrected chi connectivity index (χ0v) is 14.5. The number of carbonyl (C=O) groups is 1. The van der Waals surface area contributed by atoms with Crippen LogP contribution < -0.4 is 16.0 Å². The number of nitrogens with zero attached hydrogens (tertiary/aromatic N) is 4. The van der Waals surface area contributed by atoms with Gasteiger partial charge in [0.05, 0.1) is 11.9 Å². The van der Waals surface area contributed by atoms with Crippen LogP contribution in [0.3, 0.4) is 0 Å². The van der Waals surface area contributed by atoms with Crippen molar-refractivity contribution in [2.75, 3.05) is 17.2 Å². The van der Waals surface area contributed by atoms with E-state index in [-0.39, 0.29) is 12.5 Å².